The van der Waals surface area contributed by atoms with Gasteiger partial charge in [-0.3, -0.25) is 4.79 Å². The van der Waals surface area contributed by atoms with Crippen LogP contribution in [0.25, 0.3) is 0 Å². The lowest BCUT2D eigenvalue weighted by atomic mass is 10.1. The lowest BCUT2D eigenvalue weighted by molar-refractivity contribution is -0.0368. The molecule has 11 heteroatoms. The first kappa shape index (κ1) is 18.8. The molecule has 6 nitrogen and oxygen atoms in total. The third-order valence-electron chi connectivity index (χ3n) is 3.85. The molecule has 1 aliphatic carbocycles. The van der Waals surface area contributed by atoms with E-state index in [1.807, 2.05) is 0 Å². The molecule has 0 unspecified atom stereocenters. The molecule has 3 rings (SSSR count). The van der Waals surface area contributed by atoms with Gasteiger partial charge in [-0.05, 0) is 24.3 Å². The van der Waals surface area contributed by atoms with Crippen LogP contribution >= 0.6 is 0 Å². The quantitative estimate of drug-likeness (QED) is 0.731. The summed E-state index contributed by atoms with van der Waals surface area (Å²) < 4.78 is 83.8. The van der Waals surface area contributed by atoms with Crippen LogP contribution in [0.15, 0.2) is 35.4 Å². The van der Waals surface area contributed by atoms with Crippen LogP contribution < -0.4 is 4.74 Å². The Morgan fingerprint density at radius 1 is 1.30 bits per heavy atom. The zero-order chi connectivity index (χ0) is 20.0. The normalized spacial score (nSPS) is 18.0. The molecule has 0 saturated heterocycles. The second-order valence-electron chi connectivity index (χ2n) is 5.46. The first-order valence-corrected chi connectivity index (χ1v) is 8.85. The Morgan fingerprint density at radius 2 is 2.00 bits per heavy atom. The van der Waals surface area contributed by atoms with Crippen LogP contribution in [-0.2, 0) is 9.84 Å². The maximum Gasteiger partial charge on any atom is 0.344 e. The molecule has 0 fully saturated rings. The molecule has 0 spiro atoms. The van der Waals surface area contributed by atoms with Crippen molar-refractivity contribution in [3.8, 4) is 17.7 Å². The minimum atomic E-state index is -4.74. The minimum absolute atomic E-state index is 0.113. The van der Waals surface area contributed by atoms with Gasteiger partial charge >= 0.3 is 5.92 Å². The number of carbonyl (C=O) groups is 1. The molecule has 27 heavy (non-hydrogen) atoms. The van der Waals surface area contributed by atoms with Crippen LogP contribution in [-0.4, -0.2) is 31.1 Å². The number of rotatable bonds is 4. The number of nitriles is 1. The zero-order valence-corrected chi connectivity index (χ0v) is 13.9. The number of ketones is 1. The summed E-state index contributed by atoms with van der Waals surface area (Å²) in [4.78, 5) is 14.6. The van der Waals surface area contributed by atoms with Crippen molar-refractivity contribution in [2.45, 2.75) is 17.0 Å². The van der Waals surface area contributed by atoms with E-state index in [9.17, 15) is 30.8 Å². The fourth-order valence-corrected chi connectivity index (χ4v) is 3.50. The van der Waals surface area contributed by atoms with Gasteiger partial charge in [0.1, 0.15) is 17.4 Å². The third-order valence-corrected chi connectivity index (χ3v) is 5.14. The Hall–Kier alpha value is -3.00. The van der Waals surface area contributed by atoms with E-state index in [0.29, 0.717) is 6.07 Å². The molecule has 140 valence electrons. The van der Waals surface area contributed by atoms with Gasteiger partial charge in [-0.25, -0.2) is 22.2 Å². The first-order chi connectivity index (χ1) is 12.6. The SMILES string of the molecule is N#Cc1cccnc1Oc1ccc(S(=O)(=O)CF)c2c1[C@@H](F)C(F)(F)C2=O. The van der Waals surface area contributed by atoms with Gasteiger partial charge in [-0.1, -0.05) is 0 Å². The van der Waals surface area contributed by atoms with Crippen LogP contribution in [0, 0.1) is 11.3 Å². The Kier molecular flexibility index (Phi) is 4.39. The second kappa shape index (κ2) is 6.31. The maximum atomic E-state index is 14.3. The molecule has 1 aliphatic rings. The molecule has 0 aliphatic heterocycles. The predicted molar refractivity (Wildman–Crippen MR) is 81.8 cm³/mol. The number of halogens is 4. The highest BCUT2D eigenvalue weighted by molar-refractivity contribution is 7.91. The number of nitrogens with zero attached hydrogens (tertiary/aromatic N) is 2. The van der Waals surface area contributed by atoms with Crippen molar-refractivity contribution in [3.05, 3.63) is 47.2 Å². The van der Waals surface area contributed by atoms with Crippen molar-refractivity contribution in [2.24, 2.45) is 0 Å². The zero-order valence-electron chi connectivity index (χ0n) is 13.1. The van der Waals surface area contributed by atoms with Crippen LogP contribution in [0.3, 0.4) is 0 Å². The molecule has 0 N–H and O–H groups in total. The van der Waals surface area contributed by atoms with Crippen molar-refractivity contribution in [3.63, 3.8) is 0 Å². The van der Waals surface area contributed by atoms with Crippen LogP contribution in [0.2, 0.25) is 0 Å². The van der Waals surface area contributed by atoms with E-state index >= 15 is 0 Å². The highest BCUT2D eigenvalue weighted by atomic mass is 32.2. The Balaban J connectivity index is 2.26. The van der Waals surface area contributed by atoms with Crippen LogP contribution in [0.1, 0.15) is 27.7 Å². The minimum Gasteiger partial charge on any atom is -0.437 e. The molecular weight excluding hydrogens is 392 g/mol. The van der Waals surface area contributed by atoms with Gasteiger partial charge in [-0.2, -0.15) is 14.0 Å². The van der Waals surface area contributed by atoms with E-state index in [0.717, 1.165) is 6.07 Å². The highest BCUT2D eigenvalue weighted by Gasteiger charge is 2.59. The summed E-state index contributed by atoms with van der Waals surface area (Å²) in [7, 11) is -4.74. The number of fused-ring (bicyclic) bond motifs is 1. The van der Waals surface area contributed by atoms with Crippen LogP contribution in [0.4, 0.5) is 17.6 Å². The Morgan fingerprint density at radius 3 is 2.63 bits per heavy atom. The molecule has 1 aromatic heterocycles. The predicted octanol–water partition coefficient (Wildman–Crippen LogP) is 3.29. The topological polar surface area (TPSA) is 97.1 Å². The van der Waals surface area contributed by atoms with Gasteiger partial charge in [0.25, 0.3) is 0 Å². The Bertz CT molecular complexity index is 1100. The number of benzene rings is 1. The second-order valence-corrected chi connectivity index (χ2v) is 7.35. The first-order valence-electron chi connectivity index (χ1n) is 7.20. The summed E-state index contributed by atoms with van der Waals surface area (Å²) in [6, 6.07) is 3.91. The average Bonchev–Trinajstić information content (AvgIpc) is 2.83. The number of sulfone groups is 1. The molecule has 0 radical (unpaired) electrons. The van der Waals surface area contributed by atoms with Gasteiger partial charge in [0.2, 0.25) is 27.7 Å². The van der Waals surface area contributed by atoms with Gasteiger partial charge in [0.05, 0.1) is 10.5 Å². The number of Topliss-reactive ketones (excluding diaryl/α,β-unsaturated/α-hetero) is 1. The number of aromatic nitrogens is 1. The fourth-order valence-electron chi connectivity index (χ4n) is 2.60. The van der Waals surface area contributed by atoms with Crippen LogP contribution in [0.5, 0.6) is 11.6 Å². The molecular formula is C16H8F4N2O4S. The summed E-state index contributed by atoms with van der Waals surface area (Å²) in [5.41, 5.74) is -2.32. The molecule has 1 heterocycles. The molecule has 1 atom stereocenters. The lowest BCUT2D eigenvalue weighted by Crippen LogP contribution is -2.27. The van der Waals surface area contributed by atoms with E-state index in [-0.39, 0.29) is 11.4 Å². The number of pyridine rings is 1. The number of alkyl halides is 4. The fraction of sp³-hybridized carbons (Fsp3) is 0.188. The van der Waals surface area contributed by atoms with Crippen molar-refractivity contribution in [1.29, 1.82) is 5.26 Å². The van der Waals surface area contributed by atoms with Gasteiger partial charge < -0.3 is 4.74 Å². The maximum absolute atomic E-state index is 14.3. The van der Waals surface area contributed by atoms with E-state index in [2.05, 4.69) is 4.98 Å². The summed E-state index contributed by atoms with van der Waals surface area (Å²) in [6.07, 6.45) is -2.00. The smallest absolute Gasteiger partial charge is 0.344 e. The van der Waals surface area contributed by atoms with Gasteiger partial charge in [0, 0.05) is 11.8 Å². The largest absolute Gasteiger partial charge is 0.437 e. The molecule has 0 saturated carbocycles. The molecule has 0 amide bonds. The van der Waals surface area contributed by atoms with E-state index in [1.54, 1.807) is 6.07 Å². The van der Waals surface area contributed by atoms with Crippen molar-refractivity contribution in [1.82, 2.24) is 4.98 Å². The van der Waals surface area contributed by atoms with E-state index in [1.165, 1.54) is 18.3 Å². The Labute approximate surface area is 149 Å². The molecule has 0 bridgehead atoms. The number of ether oxygens (including phenoxy) is 1. The number of hydrogen-bond acceptors (Lipinski definition) is 6. The van der Waals surface area contributed by atoms with Gasteiger partial charge in [0.15, 0.2) is 6.01 Å². The van der Waals surface area contributed by atoms with Crippen molar-refractivity contribution >= 4 is 15.6 Å². The van der Waals surface area contributed by atoms with Crippen molar-refractivity contribution < 1.29 is 35.5 Å². The molecule has 2 aromatic rings. The van der Waals surface area contributed by atoms with Gasteiger partial charge in [-0.15, -0.1) is 0 Å². The summed E-state index contributed by atoms with van der Waals surface area (Å²) >= 11 is 0. The number of hydrogen-bond donors (Lipinski definition) is 0. The summed E-state index contributed by atoms with van der Waals surface area (Å²) in [5, 5.41) is 9.01. The number of carbonyl (C=O) groups excluding carboxylic acids is 1. The summed E-state index contributed by atoms with van der Waals surface area (Å²) in [6.45, 7) is 0. The standard InChI is InChI=1S/C16H8F4N2O4S/c17-7-27(24,25)10-4-3-9(26-15-8(6-21)2-1-5-22-15)11-12(10)14(23)16(19,20)13(11)18/h1-5,13H,7H2/t13-/m1/s1. The monoisotopic (exact) mass is 400 g/mol. The average molecular weight is 400 g/mol. The van der Waals surface area contributed by atoms with E-state index < -0.39 is 55.5 Å². The lowest BCUT2D eigenvalue weighted by Gasteiger charge is -2.14. The van der Waals surface area contributed by atoms with E-state index in [4.69, 9.17) is 10.00 Å². The molecule has 1 aromatic carbocycles. The highest BCUT2D eigenvalue weighted by Crippen LogP contribution is 2.51. The van der Waals surface area contributed by atoms with Crippen molar-refractivity contribution in [2.75, 3.05) is 6.01 Å². The third kappa shape index (κ3) is 2.82. The summed E-state index contributed by atoms with van der Waals surface area (Å²) in [5.74, 6) is -7.64.